The second-order valence-electron chi connectivity index (χ2n) is 4.15. The molecule has 0 saturated carbocycles. The average molecular weight is 311 g/mol. The standard InChI is InChI=1S/C14H15BrOS/c1-2-14(16,13-12(15)8-9-17-13)10-11-6-4-3-5-7-11/h3-9,16H,2,10H2,1H3. The van der Waals surface area contributed by atoms with E-state index in [2.05, 4.69) is 28.1 Å². The van der Waals surface area contributed by atoms with Gasteiger partial charge >= 0.3 is 0 Å². The first-order chi connectivity index (χ1) is 8.15. The summed E-state index contributed by atoms with van der Waals surface area (Å²) in [5, 5.41) is 12.8. The Balaban J connectivity index is 2.30. The van der Waals surface area contributed by atoms with Crippen molar-refractivity contribution in [2.45, 2.75) is 25.4 Å². The summed E-state index contributed by atoms with van der Waals surface area (Å²) in [6.45, 7) is 2.02. The van der Waals surface area contributed by atoms with Crippen LogP contribution in [-0.2, 0) is 12.0 Å². The molecule has 0 saturated heterocycles. The Bertz CT molecular complexity index is 480. The van der Waals surface area contributed by atoms with E-state index >= 15 is 0 Å². The van der Waals surface area contributed by atoms with Gasteiger partial charge in [0.2, 0.25) is 0 Å². The number of halogens is 1. The molecule has 1 N–H and O–H groups in total. The van der Waals surface area contributed by atoms with E-state index in [4.69, 9.17) is 0 Å². The van der Waals surface area contributed by atoms with Crippen molar-refractivity contribution in [3.63, 3.8) is 0 Å². The van der Waals surface area contributed by atoms with Crippen LogP contribution in [0.1, 0.15) is 23.8 Å². The zero-order chi connectivity index (χ0) is 12.3. The number of hydrogen-bond acceptors (Lipinski definition) is 2. The third-order valence-corrected chi connectivity index (χ3v) is 5.00. The Hall–Kier alpha value is -0.640. The lowest BCUT2D eigenvalue weighted by molar-refractivity contribution is 0.0358. The van der Waals surface area contributed by atoms with Crippen LogP contribution in [0.25, 0.3) is 0 Å². The van der Waals surface area contributed by atoms with E-state index in [1.807, 2.05) is 36.6 Å². The first kappa shape index (κ1) is 12.8. The highest BCUT2D eigenvalue weighted by Gasteiger charge is 2.30. The molecule has 1 unspecified atom stereocenters. The average Bonchev–Trinajstić information content (AvgIpc) is 2.77. The molecule has 0 aliphatic carbocycles. The summed E-state index contributed by atoms with van der Waals surface area (Å²) in [4.78, 5) is 1.02. The predicted octanol–water partition coefficient (Wildman–Crippen LogP) is 4.35. The normalized spacial score (nSPS) is 14.5. The Morgan fingerprint density at radius 2 is 1.94 bits per heavy atom. The lowest BCUT2D eigenvalue weighted by Crippen LogP contribution is -2.26. The van der Waals surface area contributed by atoms with E-state index in [9.17, 15) is 5.11 Å². The summed E-state index contributed by atoms with van der Waals surface area (Å²) >= 11 is 5.11. The summed E-state index contributed by atoms with van der Waals surface area (Å²) in [7, 11) is 0. The maximum absolute atomic E-state index is 10.8. The van der Waals surface area contributed by atoms with Gasteiger partial charge in [-0.3, -0.25) is 0 Å². The molecule has 3 heteroatoms. The monoisotopic (exact) mass is 310 g/mol. The van der Waals surface area contributed by atoms with Crippen LogP contribution < -0.4 is 0 Å². The molecular weight excluding hydrogens is 296 g/mol. The molecule has 1 aromatic heterocycles. The zero-order valence-electron chi connectivity index (χ0n) is 9.69. The molecule has 0 bridgehead atoms. The van der Waals surface area contributed by atoms with Gasteiger partial charge in [-0.2, -0.15) is 0 Å². The van der Waals surface area contributed by atoms with Gasteiger partial charge in [-0.15, -0.1) is 11.3 Å². The molecule has 0 amide bonds. The second kappa shape index (κ2) is 5.34. The van der Waals surface area contributed by atoms with Crippen molar-refractivity contribution in [1.82, 2.24) is 0 Å². The second-order valence-corrected chi connectivity index (χ2v) is 5.92. The highest BCUT2D eigenvalue weighted by molar-refractivity contribution is 9.10. The molecule has 0 spiro atoms. The van der Waals surface area contributed by atoms with Crippen LogP contribution in [0.2, 0.25) is 0 Å². The van der Waals surface area contributed by atoms with Crippen molar-refractivity contribution < 1.29 is 5.11 Å². The fourth-order valence-corrected chi connectivity index (χ4v) is 3.84. The minimum absolute atomic E-state index is 0.656. The fourth-order valence-electron chi connectivity index (χ4n) is 1.93. The largest absolute Gasteiger partial charge is 0.384 e. The molecule has 17 heavy (non-hydrogen) atoms. The van der Waals surface area contributed by atoms with Crippen molar-refractivity contribution in [2.24, 2.45) is 0 Å². The molecule has 0 aliphatic rings. The predicted molar refractivity (Wildman–Crippen MR) is 76.4 cm³/mol. The lowest BCUT2D eigenvalue weighted by Gasteiger charge is -2.26. The van der Waals surface area contributed by atoms with Crippen molar-refractivity contribution in [3.05, 3.63) is 56.7 Å². The maximum atomic E-state index is 10.8. The minimum Gasteiger partial charge on any atom is -0.384 e. The van der Waals surface area contributed by atoms with Crippen LogP contribution in [-0.4, -0.2) is 5.11 Å². The molecule has 0 aliphatic heterocycles. The van der Waals surface area contributed by atoms with Crippen molar-refractivity contribution in [3.8, 4) is 0 Å². The molecule has 0 radical (unpaired) electrons. The van der Waals surface area contributed by atoms with Crippen molar-refractivity contribution >= 4 is 27.3 Å². The SMILES string of the molecule is CCC(O)(Cc1ccccc1)c1sccc1Br. The van der Waals surface area contributed by atoms with E-state index in [-0.39, 0.29) is 0 Å². The molecule has 1 nitrogen and oxygen atoms in total. The zero-order valence-corrected chi connectivity index (χ0v) is 12.1. The van der Waals surface area contributed by atoms with Gasteiger partial charge in [-0.25, -0.2) is 0 Å². The van der Waals surface area contributed by atoms with Gasteiger partial charge in [-0.1, -0.05) is 37.3 Å². The van der Waals surface area contributed by atoms with E-state index < -0.39 is 5.60 Å². The first-order valence-electron chi connectivity index (χ1n) is 5.65. The first-order valence-corrected chi connectivity index (χ1v) is 7.33. The smallest absolute Gasteiger partial charge is 0.104 e. The summed E-state index contributed by atoms with van der Waals surface area (Å²) in [5.74, 6) is 0. The van der Waals surface area contributed by atoms with E-state index in [0.29, 0.717) is 12.8 Å². The van der Waals surface area contributed by atoms with E-state index in [1.54, 1.807) is 11.3 Å². The van der Waals surface area contributed by atoms with Crippen LogP contribution in [0.5, 0.6) is 0 Å². The molecule has 0 fully saturated rings. The maximum Gasteiger partial charge on any atom is 0.104 e. The van der Waals surface area contributed by atoms with Crippen LogP contribution in [0.3, 0.4) is 0 Å². The molecule has 1 atom stereocenters. The highest BCUT2D eigenvalue weighted by Crippen LogP contribution is 2.37. The minimum atomic E-state index is -0.769. The number of benzene rings is 1. The van der Waals surface area contributed by atoms with Gasteiger partial charge in [-0.05, 0) is 39.4 Å². The Morgan fingerprint density at radius 1 is 1.24 bits per heavy atom. The Kier molecular flexibility index (Phi) is 4.02. The number of thiophene rings is 1. The van der Waals surface area contributed by atoms with Gasteiger partial charge < -0.3 is 5.11 Å². The summed E-state index contributed by atoms with van der Waals surface area (Å²) < 4.78 is 1.00. The van der Waals surface area contributed by atoms with E-state index in [1.165, 1.54) is 0 Å². The van der Waals surface area contributed by atoms with Crippen molar-refractivity contribution in [2.75, 3.05) is 0 Å². The summed E-state index contributed by atoms with van der Waals surface area (Å²) in [5.41, 5.74) is 0.395. The van der Waals surface area contributed by atoms with Gasteiger partial charge in [0.1, 0.15) is 5.60 Å². The number of aliphatic hydroxyl groups is 1. The van der Waals surface area contributed by atoms with Crippen LogP contribution in [0.15, 0.2) is 46.3 Å². The quantitative estimate of drug-likeness (QED) is 0.890. The van der Waals surface area contributed by atoms with Gasteiger partial charge in [0, 0.05) is 10.9 Å². The van der Waals surface area contributed by atoms with Crippen LogP contribution in [0, 0.1) is 0 Å². The van der Waals surface area contributed by atoms with Crippen molar-refractivity contribution in [1.29, 1.82) is 0 Å². The summed E-state index contributed by atoms with van der Waals surface area (Å²) in [6, 6.07) is 12.1. The Labute approximate surface area is 114 Å². The topological polar surface area (TPSA) is 20.2 Å². The Morgan fingerprint density at radius 3 is 2.47 bits per heavy atom. The van der Waals surface area contributed by atoms with E-state index in [0.717, 1.165) is 14.9 Å². The van der Waals surface area contributed by atoms with Crippen LogP contribution in [0.4, 0.5) is 0 Å². The molecule has 2 rings (SSSR count). The molecule has 2 aromatic rings. The highest BCUT2D eigenvalue weighted by atomic mass is 79.9. The molecule has 1 aromatic carbocycles. The van der Waals surface area contributed by atoms with Gasteiger partial charge in [0.15, 0.2) is 0 Å². The fraction of sp³-hybridized carbons (Fsp3) is 0.286. The van der Waals surface area contributed by atoms with Crippen LogP contribution >= 0.6 is 27.3 Å². The molecular formula is C14H15BrOS. The molecule has 90 valence electrons. The third kappa shape index (κ3) is 2.79. The number of hydrogen-bond donors (Lipinski definition) is 1. The van der Waals surface area contributed by atoms with Gasteiger partial charge in [0.05, 0.1) is 4.88 Å². The molecule has 1 heterocycles. The summed E-state index contributed by atoms with van der Waals surface area (Å²) in [6.07, 6.45) is 1.37. The third-order valence-electron chi connectivity index (χ3n) is 2.96. The van der Waals surface area contributed by atoms with Gasteiger partial charge in [0.25, 0.3) is 0 Å². The number of rotatable bonds is 4. The lowest BCUT2D eigenvalue weighted by atomic mass is 9.90.